The predicted octanol–water partition coefficient (Wildman–Crippen LogP) is -0.915. The number of piperazine rings is 1. The number of thioether (sulfide) groups is 1. The quantitative estimate of drug-likeness (QED) is 0.478. The van der Waals surface area contributed by atoms with E-state index in [0.717, 1.165) is 28.6 Å². The standard InChI is InChI=1S/C20H26FN5O5S2/c21-13-3-5-14(6-4-13)33(30,31)26-9-8-25(20(29)16-11-32-12-23-16)10-17(26)19(28)24-15-2-1-7-22-18(15)27/h3-6,15-17,23H,1-2,7-12H2,(H,22,27)(H,24,28)/t15-,16-,17+/m0/s1. The number of halogens is 1. The maximum atomic E-state index is 13.3. The van der Waals surface area contributed by atoms with Gasteiger partial charge in [-0.2, -0.15) is 4.31 Å². The van der Waals surface area contributed by atoms with Gasteiger partial charge >= 0.3 is 0 Å². The topological polar surface area (TPSA) is 128 Å². The number of hydrogen-bond acceptors (Lipinski definition) is 7. The van der Waals surface area contributed by atoms with Gasteiger partial charge in [-0.1, -0.05) is 0 Å². The Hall–Kier alpha value is -2.22. The molecule has 4 rings (SSSR count). The number of rotatable bonds is 5. The molecule has 0 spiro atoms. The summed E-state index contributed by atoms with van der Waals surface area (Å²) in [4.78, 5) is 39.6. The average Bonchev–Trinajstić information content (AvgIpc) is 3.35. The zero-order chi connectivity index (χ0) is 23.6. The first-order chi connectivity index (χ1) is 15.8. The van der Waals surface area contributed by atoms with E-state index < -0.39 is 33.8 Å². The lowest BCUT2D eigenvalue weighted by Crippen LogP contribution is -2.64. The van der Waals surface area contributed by atoms with E-state index in [1.807, 2.05) is 0 Å². The molecule has 13 heteroatoms. The van der Waals surface area contributed by atoms with Crippen molar-refractivity contribution in [2.75, 3.05) is 37.8 Å². The van der Waals surface area contributed by atoms with Crippen LogP contribution in [0.1, 0.15) is 12.8 Å². The number of carbonyl (C=O) groups excluding carboxylic acids is 3. The molecule has 0 unspecified atom stereocenters. The highest BCUT2D eigenvalue weighted by Gasteiger charge is 2.43. The summed E-state index contributed by atoms with van der Waals surface area (Å²) >= 11 is 1.59. The van der Waals surface area contributed by atoms with Crippen LogP contribution in [0.25, 0.3) is 0 Å². The number of sulfonamides is 1. The molecule has 0 bridgehead atoms. The summed E-state index contributed by atoms with van der Waals surface area (Å²) in [6.45, 7) is 0.409. The SMILES string of the molecule is O=C1NCCC[C@@H]1NC(=O)[C@H]1CN(C(=O)[C@@H]2CSCN2)CCN1S(=O)(=O)c1ccc(F)cc1. The summed E-state index contributed by atoms with van der Waals surface area (Å²) in [5.74, 6) is -0.481. The third-order valence-electron chi connectivity index (χ3n) is 5.98. The van der Waals surface area contributed by atoms with Crippen LogP contribution >= 0.6 is 11.8 Å². The van der Waals surface area contributed by atoms with E-state index in [1.165, 1.54) is 4.90 Å². The number of benzene rings is 1. The molecular weight excluding hydrogens is 473 g/mol. The highest BCUT2D eigenvalue weighted by molar-refractivity contribution is 7.99. The Morgan fingerprint density at radius 1 is 1.18 bits per heavy atom. The molecule has 3 aliphatic heterocycles. The first kappa shape index (κ1) is 23.9. The van der Waals surface area contributed by atoms with Crippen molar-refractivity contribution in [3.63, 3.8) is 0 Å². The normalized spacial score (nSPS) is 26.6. The lowest BCUT2D eigenvalue weighted by atomic mass is 10.1. The summed E-state index contributed by atoms with van der Waals surface area (Å²) in [5, 5.41) is 8.43. The fourth-order valence-electron chi connectivity index (χ4n) is 4.16. The summed E-state index contributed by atoms with van der Waals surface area (Å²) in [5.41, 5.74) is 0. The van der Waals surface area contributed by atoms with Crippen molar-refractivity contribution in [2.45, 2.75) is 35.9 Å². The van der Waals surface area contributed by atoms with Gasteiger partial charge in [0.15, 0.2) is 0 Å². The van der Waals surface area contributed by atoms with Crippen molar-refractivity contribution in [1.82, 2.24) is 25.2 Å². The van der Waals surface area contributed by atoms with E-state index in [0.29, 0.717) is 31.0 Å². The zero-order valence-electron chi connectivity index (χ0n) is 17.8. The number of piperidine rings is 1. The highest BCUT2D eigenvalue weighted by atomic mass is 32.2. The Bertz CT molecular complexity index is 1020. The maximum absolute atomic E-state index is 13.3. The van der Waals surface area contributed by atoms with Crippen molar-refractivity contribution in [3.8, 4) is 0 Å². The van der Waals surface area contributed by atoms with Crippen LogP contribution in [0.3, 0.4) is 0 Å². The van der Waals surface area contributed by atoms with Crippen LogP contribution in [0.2, 0.25) is 0 Å². The van der Waals surface area contributed by atoms with Gasteiger partial charge in [-0.05, 0) is 37.1 Å². The first-order valence-corrected chi connectivity index (χ1v) is 13.3. The van der Waals surface area contributed by atoms with E-state index in [9.17, 15) is 27.2 Å². The lowest BCUT2D eigenvalue weighted by Gasteiger charge is -2.40. The van der Waals surface area contributed by atoms with Gasteiger partial charge in [0.25, 0.3) is 0 Å². The summed E-state index contributed by atoms with van der Waals surface area (Å²) < 4.78 is 41.0. The van der Waals surface area contributed by atoms with E-state index >= 15 is 0 Å². The molecule has 180 valence electrons. The largest absolute Gasteiger partial charge is 0.354 e. The Kier molecular flexibility index (Phi) is 7.22. The molecule has 1 aromatic rings. The maximum Gasteiger partial charge on any atom is 0.243 e. The first-order valence-electron chi connectivity index (χ1n) is 10.7. The number of hydrogen-bond donors (Lipinski definition) is 3. The molecule has 33 heavy (non-hydrogen) atoms. The van der Waals surface area contributed by atoms with Gasteiger partial charge in [-0.25, -0.2) is 12.8 Å². The van der Waals surface area contributed by atoms with Crippen molar-refractivity contribution in [3.05, 3.63) is 30.1 Å². The van der Waals surface area contributed by atoms with Crippen molar-refractivity contribution >= 4 is 39.5 Å². The molecule has 0 aromatic heterocycles. The van der Waals surface area contributed by atoms with E-state index in [2.05, 4.69) is 16.0 Å². The van der Waals surface area contributed by atoms with E-state index in [1.54, 1.807) is 11.8 Å². The van der Waals surface area contributed by atoms with Gasteiger partial charge in [0.1, 0.15) is 17.9 Å². The molecule has 1 aromatic carbocycles. The van der Waals surface area contributed by atoms with E-state index in [4.69, 9.17) is 0 Å². The second kappa shape index (κ2) is 9.95. The van der Waals surface area contributed by atoms with Crippen molar-refractivity contribution < 1.29 is 27.2 Å². The number of nitrogens with one attached hydrogen (secondary N) is 3. The van der Waals surface area contributed by atoms with Crippen LogP contribution in [0.15, 0.2) is 29.2 Å². The second-order valence-electron chi connectivity index (χ2n) is 8.14. The molecule has 3 saturated heterocycles. The van der Waals surface area contributed by atoms with Crippen LogP contribution in [-0.2, 0) is 24.4 Å². The molecule has 3 aliphatic rings. The monoisotopic (exact) mass is 499 g/mol. The molecule has 3 fully saturated rings. The molecule has 3 atom stereocenters. The average molecular weight is 500 g/mol. The van der Waals surface area contributed by atoms with Crippen LogP contribution < -0.4 is 16.0 Å². The van der Waals surface area contributed by atoms with Crippen LogP contribution in [-0.4, -0.2) is 91.3 Å². The predicted molar refractivity (Wildman–Crippen MR) is 119 cm³/mol. The fraction of sp³-hybridized carbons (Fsp3) is 0.550. The highest BCUT2D eigenvalue weighted by Crippen LogP contribution is 2.24. The molecule has 3 heterocycles. The number of carbonyl (C=O) groups is 3. The molecule has 3 N–H and O–H groups in total. The zero-order valence-corrected chi connectivity index (χ0v) is 19.5. The van der Waals surface area contributed by atoms with Gasteiger partial charge in [0.2, 0.25) is 27.7 Å². The van der Waals surface area contributed by atoms with Gasteiger partial charge < -0.3 is 15.5 Å². The number of amides is 3. The number of nitrogens with zero attached hydrogens (tertiary/aromatic N) is 2. The molecule has 0 radical (unpaired) electrons. The summed E-state index contributed by atoms with van der Waals surface area (Å²) in [6.07, 6.45) is 1.13. The molecular formula is C20H26FN5O5S2. The lowest BCUT2D eigenvalue weighted by molar-refractivity contribution is -0.138. The molecule has 3 amide bonds. The molecule has 10 nitrogen and oxygen atoms in total. The van der Waals surface area contributed by atoms with Crippen LogP contribution in [0.5, 0.6) is 0 Å². The van der Waals surface area contributed by atoms with Crippen LogP contribution in [0, 0.1) is 5.82 Å². The minimum Gasteiger partial charge on any atom is -0.354 e. The Morgan fingerprint density at radius 3 is 2.61 bits per heavy atom. The Balaban J connectivity index is 1.58. The van der Waals surface area contributed by atoms with Gasteiger partial charge in [-0.3, -0.25) is 19.7 Å². The third kappa shape index (κ3) is 5.15. The van der Waals surface area contributed by atoms with Crippen molar-refractivity contribution in [2.24, 2.45) is 0 Å². The third-order valence-corrected chi connectivity index (χ3v) is 8.84. The van der Waals surface area contributed by atoms with Crippen LogP contribution in [0.4, 0.5) is 4.39 Å². The van der Waals surface area contributed by atoms with Crippen molar-refractivity contribution in [1.29, 1.82) is 0 Å². The Labute approximate surface area is 195 Å². The Morgan fingerprint density at radius 2 is 1.94 bits per heavy atom. The van der Waals surface area contributed by atoms with E-state index in [-0.39, 0.29) is 42.4 Å². The second-order valence-corrected chi connectivity index (χ2v) is 11.1. The summed E-state index contributed by atoms with van der Waals surface area (Å²) in [7, 11) is -4.15. The van der Waals surface area contributed by atoms with Gasteiger partial charge in [-0.15, -0.1) is 11.8 Å². The van der Waals surface area contributed by atoms with Gasteiger partial charge in [0.05, 0.1) is 10.9 Å². The fourth-order valence-corrected chi connectivity index (χ4v) is 6.66. The minimum atomic E-state index is -4.15. The molecule has 0 saturated carbocycles. The summed E-state index contributed by atoms with van der Waals surface area (Å²) in [6, 6.07) is 2.00. The smallest absolute Gasteiger partial charge is 0.243 e. The van der Waals surface area contributed by atoms with Gasteiger partial charge in [0, 0.05) is 37.8 Å². The molecule has 0 aliphatic carbocycles. The minimum absolute atomic E-state index is 0.0970.